The van der Waals surface area contributed by atoms with Crippen molar-refractivity contribution in [3.8, 4) is 0 Å². The highest BCUT2D eigenvalue weighted by molar-refractivity contribution is 6.03. The van der Waals surface area contributed by atoms with Gasteiger partial charge in [0.25, 0.3) is 5.91 Å². The van der Waals surface area contributed by atoms with Gasteiger partial charge in [0.15, 0.2) is 0 Å². The summed E-state index contributed by atoms with van der Waals surface area (Å²) in [6.07, 6.45) is 2.03. The van der Waals surface area contributed by atoms with Crippen LogP contribution in [0.5, 0.6) is 0 Å². The Morgan fingerprint density at radius 1 is 1.11 bits per heavy atom. The van der Waals surface area contributed by atoms with Crippen LogP contribution in [0.4, 0.5) is 21.7 Å². The molecular weight excluding hydrogens is 343 g/mol. The predicted molar refractivity (Wildman–Crippen MR) is 103 cm³/mol. The third-order valence-corrected chi connectivity index (χ3v) is 4.53. The van der Waals surface area contributed by atoms with Crippen LogP contribution < -0.4 is 10.2 Å². The maximum Gasteiger partial charge on any atom is 0.274 e. The summed E-state index contributed by atoms with van der Waals surface area (Å²) in [4.78, 5) is 23.7. The predicted octanol–water partition coefficient (Wildman–Crippen LogP) is 4.26. The maximum absolute atomic E-state index is 13.0. The Morgan fingerprint density at radius 2 is 1.89 bits per heavy atom. The first kappa shape index (κ1) is 17.1. The first-order valence-electron chi connectivity index (χ1n) is 8.88. The zero-order valence-corrected chi connectivity index (χ0v) is 14.9. The van der Waals surface area contributed by atoms with Crippen LogP contribution in [-0.4, -0.2) is 22.4 Å². The normalized spacial score (nSPS) is 13.2. The lowest BCUT2D eigenvalue weighted by Crippen LogP contribution is -2.27. The van der Waals surface area contributed by atoms with E-state index in [0.717, 1.165) is 25.1 Å². The van der Waals surface area contributed by atoms with E-state index in [-0.39, 0.29) is 17.4 Å². The zero-order valence-electron chi connectivity index (χ0n) is 14.9. The highest BCUT2D eigenvalue weighted by Crippen LogP contribution is 2.31. The van der Waals surface area contributed by atoms with E-state index < -0.39 is 0 Å². The standard InChI is InChI=1S/C21H19FN4O/c1-14-13-18(20(27)24-17-10-8-16(22)9-11-17)25-21(23-14)26-12-4-6-15-5-2-3-7-19(15)26/h2-3,5,7-11,13H,4,6,12H2,1H3,(H,24,27). The molecule has 1 N–H and O–H groups in total. The number of hydrogen-bond donors (Lipinski definition) is 1. The Morgan fingerprint density at radius 3 is 2.70 bits per heavy atom. The van der Waals surface area contributed by atoms with Crippen LogP contribution in [0.25, 0.3) is 0 Å². The molecule has 3 aromatic rings. The molecule has 0 unspecified atom stereocenters. The molecule has 0 fully saturated rings. The van der Waals surface area contributed by atoms with Gasteiger partial charge in [-0.3, -0.25) is 4.79 Å². The fraction of sp³-hybridized carbons (Fsp3) is 0.190. The summed E-state index contributed by atoms with van der Waals surface area (Å²) >= 11 is 0. The van der Waals surface area contributed by atoms with Crippen molar-refractivity contribution >= 4 is 23.2 Å². The number of nitrogens with one attached hydrogen (secondary N) is 1. The van der Waals surface area contributed by atoms with Gasteiger partial charge in [0, 0.05) is 23.6 Å². The number of fused-ring (bicyclic) bond motifs is 1. The molecule has 0 aliphatic carbocycles. The molecule has 0 saturated heterocycles. The second kappa shape index (κ2) is 7.15. The van der Waals surface area contributed by atoms with Crippen molar-refractivity contribution in [2.45, 2.75) is 19.8 Å². The topological polar surface area (TPSA) is 58.1 Å². The van der Waals surface area contributed by atoms with Crippen LogP contribution in [0.3, 0.4) is 0 Å². The molecule has 0 atom stereocenters. The third kappa shape index (κ3) is 3.65. The summed E-state index contributed by atoms with van der Waals surface area (Å²) in [5, 5.41) is 2.75. The Labute approximate surface area is 156 Å². The summed E-state index contributed by atoms with van der Waals surface area (Å²) in [5.41, 5.74) is 3.85. The van der Waals surface area contributed by atoms with Gasteiger partial charge in [-0.15, -0.1) is 0 Å². The number of halogens is 1. The average Bonchev–Trinajstić information content (AvgIpc) is 2.69. The van der Waals surface area contributed by atoms with Crippen LogP contribution >= 0.6 is 0 Å². The van der Waals surface area contributed by atoms with Crippen LogP contribution in [0.15, 0.2) is 54.6 Å². The number of aryl methyl sites for hydroxylation is 2. The Bertz CT molecular complexity index is 988. The highest BCUT2D eigenvalue weighted by Gasteiger charge is 2.21. The number of anilines is 3. The van der Waals surface area contributed by atoms with Gasteiger partial charge >= 0.3 is 0 Å². The molecule has 2 aromatic carbocycles. The number of amides is 1. The smallest absolute Gasteiger partial charge is 0.274 e. The zero-order chi connectivity index (χ0) is 18.8. The number of hydrogen-bond acceptors (Lipinski definition) is 4. The van der Waals surface area contributed by atoms with E-state index in [1.165, 1.54) is 29.8 Å². The second-order valence-corrected chi connectivity index (χ2v) is 6.54. The Kier molecular flexibility index (Phi) is 4.54. The first-order valence-corrected chi connectivity index (χ1v) is 8.88. The molecule has 6 heteroatoms. The van der Waals surface area contributed by atoms with E-state index in [1.807, 2.05) is 19.1 Å². The van der Waals surface area contributed by atoms with Gasteiger partial charge in [-0.2, -0.15) is 0 Å². The van der Waals surface area contributed by atoms with Gasteiger partial charge in [-0.05, 0) is 61.7 Å². The molecule has 0 radical (unpaired) electrons. The molecule has 1 aromatic heterocycles. The minimum Gasteiger partial charge on any atom is -0.321 e. The highest BCUT2D eigenvalue weighted by atomic mass is 19.1. The number of rotatable bonds is 3. The van der Waals surface area contributed by atoms with Crippen LogP contribution in [0.1, 0.15) is 28.2 Å². The number of aromatic nitrogens is 2. The molecule has 136 valence electrons. The van der Waals surface area contributed by atoms with Crippen molar-refractivity contribution < 1.29 is 9.18 Å². The molecule has 2 heterocycles. The SMILES string of the molecule is Cc1cc(C(=O)Nc2ccc(F)cc2)nc(N2CCCc3ccccc32)n1. The molecule has 1 aliphatic rings. The third-order valence-electron chi connectivity index (χ3n) is 4.53. The Hall–Kier alpha value is -3.28. The monoisotopic (exact) mass is 362 g/mol. The summed E-state index contributed by atoms with van der Waals surface area (Å²) in [6.45, 7) is 2.65. The second-order valence-electron chi connectivity index (χ2n) is 6.54. The van der Waals surface area contributed by atoms with E-state index in [4.69, 9.17) is 0 Å². The summed E-state index contributed by atoms with van der Waals surface area (Å²) in [6, 6.07) is 15.5. The lowest BCUT2D eigenvalue weighted by molar-refractivity contribution is 0.102. The molecule has 5 nitrogen and oxygen atoms in total. The fourth-order valence-corrected chi connectivity index (χ4v) is 3.26. The fourth-order valence-electron chi connectivity index (χ4n) is 3.26. The summed E-state index contributed by atoms with van der Waals surface area (Å²) in [7, 11) is 0. The molecule has 0 bridgehead atoms. The molecule has 27 heavy (non-hydrogen) atoms. The van der Waals surface area contributed by atoms with Gasteiger partial charge in [0.2, 0.25) is 5.95 Å². The van der Waals surface area contributed by atoms with E-state index in [1.54, 1.807) is 6.07 Å². The Balaban J connectivity index is 1.64. The van der Waals surface area contributed by atoms with E-state index in [0.29, 0.717) is 17.3 Å². The van der Waals surface area contributed by atoms with Crippen molar-refractivity contribution in [3.05, 3.63) is 77.4 Å². The van der Waals surface area contributed by atoms with Gasteiger partial charge in [-0.1, -0.05) is 18.2 Å². The molecule has 1 amide bonds. The van der Waals surface area contributed by atoms with Crippen molar-refractivity contribution in [2.75, 3.05) is 16.8 Å². The number of carbonyl (C=O) groups excluding carboxylic acids is 1. The average molecular weight is 362 g/mol. The van der Waals surface area contributed by atoms with Crippen LogP contribution in [0.2, 0.25) is 0 Å². The van der Waals surface area contributed by atoms with E-state index >= 15 is 0 Å². The quantitative estimate of drug-likeness (QED) is 0.756. The van der Waals surface area contributed by atoms with Crippen molar-refractivity contribution in [3.63, 3.8) is 0 Å². The van der Waals surface area contributed by atoms with Gasteiger partial charge in [0.1, 0.15) is 11.5 Å². The molecular formula is C21H19FN4O. The molecule has 0 spiro atoms. The van der Waals surface area contributed by atoms with Gasteiger partial charge in [0.05, 0.1) is 0 Å². The minimum atomic E-state index is -0.350. The van der Waals surface area contributed by atoms with E-state index in [9.17, 15) is 9.18 Å². The number of benzene rings is 2. The van der Waals surface area contributed by atoms with Crippen molar-refractivity contribution in [1.29, 1.82) is 0 Å². The molecule has 4 rings (SSSR count). The van der Waals surface area contributed by atoms with Gasteiger partial charge in [-0.25, -0.2) is 14.4 Å². The number of para-hydroxylation sites is 1. The molecule has 1 aliphatic heterocycles. The molecule has 0 saturated carbocycles. The first-order chi connectivity index (χ1) is 13.1. The van der Waals surface area contributed by atoms with Crippen LogP contribution in [-0.2, 0) is 6.42 Å². The number of carbonyl (C=O) groups is 1. The number of nitrogens with zero attached hydrogens (tertiary/aromatic N) is 3. The van der Waals surface area contributed by atoms with Crippen molar-refractivity contribution in [1.82, 2.24) is 9.97 Å². The summed E-state index contributed by atoms with van der Waals surface area (Å²) < 4.78 is 13.0. The van der Waals surface area contributed by atoms with E-state index in [2.05, 4.69) is 32.3 Å². The van der Waals surface area contributed by atoms with Crippen molar-refractivity contribution in [2.24, 2.45) is 0 Å². The largest absolute Gasteiger partial charge is 0.321 e. The maximum atomic E-state index is 13.0. The summed E-state index contributed by atoms with van der Waals surface area (Å²) in [5.74, 6) is -0.179. The van der Waals surface area contributed by atoms with Gasteiger partial charge < -0.3 is 10.2 Å². The van der Waals surface area contributed by atoms with Crippen LogP contribution in [0, 0.1) is 12.7 Å². The minimum absolute atomic E-state index is 0.282. The lowest BCUT2D eigenvalue weighted by Gasteiger charge is -2.29. The lowest BCUT2D eigenvalue weighted by atomic mass is 10.0.